The molecule has 0 saturated carbocycles. The van der Waals surface area contributed by atoms with Crippen LogP contribution in [0.5, 0.6) is 5.75 Å². The zero-order chi connectivity index (χ0) is 46.3. The van der Waals surface area contributed by atoms with Crippen LogP contribution in [-0.4, -0.2) is 107 Å². The summed E-state index contributed by atoms with van der Waals surface area (Å²) >= 11 is 0. The highest BCUT2D eigenvalue weighted by atomic mass is 16.5. The molecular formula is C50H59N11O5. The largest absolute Gasteiger partial charge is 0.495 e. The van der Waals surface area contributed by atoms with E-state index in [1.54, 1.807) is 18.3 Å². The van der Waals surface area contributed by atoms with Crippen LogP contribution in [0.1, 0.15) is 86.2 Å². The van der Waals surface area contributed by atoms with E-state index >= 15 is 0 Å². The predicted octanol–water partition coefficient (Wildman–Crippen LogP) is 7.57. The lowest BCUT2D eigenvalue weighted by atomic mass is 9.95. The molecule has 1 atom stereocenters. The Bertz CT molecular complexity index is 2780. The van der Waals surface area contributed by atoms with Crippen LogP contribution < -0.4 is 30.1 Å². The van der Waals surface area contributed by atoms with Crippen molar-refractivity contribution in [2.45, 2.75) is 72.3 Å². The first-order chi connectivity index (χ1) is 31.7. The number of hydrogen-bond acceptors (Lipinski definition) is 12. The zero-order valence-corrected chi connectivity index (χ0v) is 38.9. The number of piperazine rings is 1. The lowest BCUT2D eigenvalue weighted by Gasteiger charge is -2.40. The number of aryl methyl sites for hydroxylation is 2. The molecule has 3 saturated heterocycles. The maximum Gasteiger partial charge on any atom is 0.328 e. The van der Waals surface area contributed by atoms with Crippen LogP contribution in [0, 0.1) is 19.8 Å². The number of H-pyrrole nitrogens is 1. The number of carbonyl (C=O) groups is 3. The molecule has 0 aliphatic carbocycles. The minimum absolute atomic E-state index is 0.0522. The summed E-state index contributed by atoms with van der Waals surface area (Å²) in [6.45, 7) is 19.3. The number of carbonyl (C=O) groups excluding carboxylic acids is 3. The van der Waals surface area contributed by atoms with Gasteiger partial charge in [-0.25, -0.2) is 14.8 Å². The first kappa shape index (κ1) is 44.4. The van der Waals surface area contributed by atoms with Crippen molar-refractivity contribution < 1.29 is 23.6 Å². The average molecular weight is 894 g/mol. The van der Waals surface area contributed by atoms with Gasteiger partial charge in [0.25, 0.3) is 0 Å². The van der Waals surface area contributed by atoms with Crippen LogP contribution >= 0.6 is 0 Å². The number of anilines is 3. The highest BCUT2D eigenvalue weighted by molar-refractivity contribution is 6.06. The number of amides is 4. The Morgan fingerprint density at radius 1 is 0.879 bits per heavy atom. The van der Waals surface area contributed by atoms with Crippen LogP contribution in [0.3, 0.4) is 0 Å². The minimum Gasteiger partial charge on any atom is -0.495 e. The summed E-state index contributed by atoms with van der Waals surface area (Å²) in [4.78, 5) is 63.3. The standard InChI is InChI=1S/C50H59N11O5/c1-30-24-35(8-11-37(30)32(3)53-46(63)47-56-48(57-66-47)50(4,5)6)44-38-27-39(54-45(38)52-29-51-44)34-9-12-41(42(26-34)65-7)60-22-20-58(21-23-60)28-33-14-17-59(18-15-33)36-10-13-40(31(2)25-36)61-19-16-43(62)55-49(61)64/h8-13,24-27,29,32-33H,14-23,28H2,1-7H3,(H,53,63)(H,51,52,54)(H,55,62,64)/t32-/m1/s1. The molecule has 0 radical (unpaired) electrons. The van der Waals surface area contributed by atoms with Gasteiger partial charge in [0.15, 0.2) is 5.82 Å². The van der Waals surface area contributed by atoms with Gasteiger partial charge in [0.1, 0.15) is 17.7 Å². The van der Waals surface area contributed by atoms with Crippen LogP contribution in [0.4, 0.5) is 21.9 Å². The number of aromatic amines is 1. The second kappa shape index (κ2) is 18.2. The van der Waals surface area contributed by atoms with Crippen molar-refractivity contribution in [3.05, 3.63) is 95.4 Å². The van der Waals surface area contributed by atoms with Crippen molar-refractivity contribution in [2.24, 2.45) is 5.92 Å². The molecule has 4 amide bonds. The average Bonchev–Trinajstić information content (AvgIpc) is 3.99. The number of fused-ring (bicyclic) bond motifs is 1. The first-order valence-corrected chi connectivity index (χ1v) is 22.9. The van der Waals surface area contributed by atoms with Crippen molar-refractivity contribution >= 4 is 45.9 Å². The number of nitrogens with zero attached hydrogens (tertiary/aromatic N) is 8. The number of piperidine rings is 1. The third-order valence-corrected chi connectivity index (χ3v) is 13.3. The van der Waals surface area contributed by atoms with Crippen LogP contribution in [-0.2, 0) is 10.2 Å². The van der Waals surface area contributed by atoms with Gasteiger partial charge in [0.2, 0.25) is 5.91 Å². The molecule has 16 nitrogen and oxygen atoms in total. The molecule has 3 aromatic heterocycles. The molecule has 0 unspecified atom stereocenters. The summed E-state index contributed by atoms with van der Waals surface area (Å²) in [5.74, 6) is 1.28. The Balaban J connectivity index is 0.799. The van der Waals surface area contributed by atoms with Crippen LogP contribution in [0.2, 0.25) is 0 Å². The number of benzene rings is 3. The van der Waals surface area contributed by atoms with E-state index in [2.05, 4.69) is 87.9 Å². The molecule has 16 heteroatoms. The molecule has 9 rings (SSSR count). The SMILES string of the molecule is COc1cc(-c2cc3c(-c4ccc([C@@H](C)NC(=O)c5nc(C(C)(C)C)no5)c(C)c4)ncnc3[nH]2)ccc1N1CCN(CC2CCN(c3ccc(N4CCC(=O)NC4=O)c(C)c3)CC2)CC1. The summed E-state index contributed by atoms with van der Waals surface area (Å²) in [6.07, 6.45) is 4.18. The van der Waals surface area contributed by atoms with E-state index in [-0.39, 0.29) is 29.3 Å². The van der Waals surface area contributed by atoms with E-state index in [0.29, 0.717) is 24.7 Å². The molecule has 3 aliphatic rings. The highest BCUT2D eigenvalue weighted by Crippen LogP contribution is 2.37. The third-order valence-electron chi connectivity index (χ3n) is 13.3. The van der Waals surface area contributed by atoms with Gasteiger partial charge in [-0.2, -0.15) is 4.98 Å². The Hall–Kier alpha value is -6.81. The summed E-state index contributed by atoms with van der Waals surface area (Å²) in [5.41, 5.74) is 10.2. The molecule has 0 bridgehead atoms. The van der Waals surface area contributed by atoms with Gasteiger partial charge >= 0.3 is 17.8 Å². The Morgan fingerprint density at radius 2 is 1.64 bits per heavy atom. The Morgan fingerprint density at radius 3 is 2.33 bits per heavy atom. The number of hydrogen-bond donors (Lipinski definition) is 3. The van der Waals surface area contributed by atoms with Crippen LogP contribution in [0.25, 0.3) is 33.5 Å². The monoisotopic (exact) mass is 893 g/mol. The quantitative estimate of drug-likeness (QED) is 0.116. The van der Waals surface area contributed by atoms with Crippen molar-refractivity contribution in [1.82, 2.24) is 40.6 Å². The number of methoxy groups -OCH3 is 1. The van der Waals surface area contributed by atoms with E-state index in [9.17, 15) is 14.4 Å². The molecule has 3 fully saturated rings. The van der Waals surface area contributed by atoms with Crippen molar-refractivity contribution in [3.63, 3.8) is 0 Å². The molecule has 6 heterocycles. The van der Waals surface area contributed by atoms with Crippen molar-refractivity contribution in [3.8, 4) is 28.3 Å². The van der Waals surface area contributed by atoms with Gasteiger partial charge in [0.05, 0.1) is 24.5 Å². The molecule has 3 aromatic carbocycles. The minimum atomic E-state index is -0.414. The second-order valence-electron chi connectivity index (χ2n) is 18.9. The maximum atomic E-state index is 13.0. The topological polar surface area (TPSA) is 178 Å². The van der Waals surface area contributed by atoms with E-state index < -0.39 is 5.91 Å². The number of aromatic nitrogens is 5. The van der Waals surface area contributed by atoms with Crippen molar-refractivity contribution in [1.29, 1.82) is 0 Å². The molecule has 6 aromatic rings. The van der Waals surface area contributed by atoms with Gasteiger partial charge in [-0.05, 0) is 98.7 Å². The molecule has 66 heavy (non-hydrogen) atoms. The summed E-state index contributed by atoms with van der Waals surface area (Å²) in [6, 6.07) is 20.3. The maximum absolute atomic E-state index is 13.0. The summed E-state index contributed by atoms with van der Waals surface area (Å²) in [7, 11) is 1.73. The fourth-order valence-corrected chi connectivity index (χ4v) is 9.54. The molecule has 0 spiro atoms. The summed E-state index contributed by atoms with van der Waals surface area (Å²) < 4.78 is 11.3. The normalized spacial score (nSPS) is 17.0. The van der Waals surface area contributed by atoms with Gasteiger partial charge in [-0.1, -0.05) is 44.1 Å². The van der Waals surface area contributed by atoms with Crippen LogP contribution in [0.15, 0.2) is 71.5 Å². The fourth-order valence-electron chi connectivity index (χ4n) is 9.54. The highest BCUT2D eigenvalue weighted by Gasteiger charge is 2.29. The fraction of sp³-hybridized carbons (Fsp3) is 0.420. The number of imide groups is 1. The smallest absolute Gasteiger partial charge is 0.328 e. The van der Waals surface area contributed by atoms with Gasteiger partial charge in [-0.3, -0.25) is 24.7 Å². The number of ether oxygens (including phenoxy) is 1. The number of urea groups is 1. The van der Waals surface area contributed by atoms with E-state index in [0.717, 1.165) is 126 Å². The Labute approximate surface area is 385 Å². The molecule has 3 N–H and O–H groups in total. The predicted molar refractivity (Wildman–Crippen MR) is 255 cm³/mol. The van der Waals surface area contributed by atoms with Gasteiger partial charge < -0.3 is 29.4 Å². The van der Waals surface area contributed by atoms with Gasteiger partial charge in [-0.15, -0.1) is 0 Å². The second-order valence-corrected chi connectivity index (χ2v) is 18.9. The zero-order valence-electron chi connectivity index (χ0n) is 38.9. The lowest BCUT2D eigenvalue weighted by molar-refractivity contribution is -0.120. The van der Waals surface area contributed by atoms with E-state index in [4.69, 9.17) is 14.2 Å². The number of rotatable bonds is 11. The van der Waals surface area contributed by atoms with Crippen molar-refractivity contribution in [2.75, 3.05) is 74.2 Å². The molecular weight excluding hydrogens is 835 g/mol. The number of nitrogens with one attached hydrogen (secondary N) is 3. The Kier molecular flexibility index (Phi) is 12.3. The lowest BCUT2D eigenvalue weighted by Crippen LogP contribution is -2.49. The summed E-state index contributed by atoms with van der Waals surface area (Å²) in [5, 5.41) is 10.3. The van der Waals surface area contributed by atoms with Gasteiger partial charge in [0, 0.05) is 97.8 Å². The van der Waals surface area contributed by atoms with E-state index in [1.165, 1.54) is 5.69 Å². The first-order valence-electron chi connectivity index (χ1n) is 22.9. The van der Waals surface area contributed by atoms with E-state index in [1.807, 2.05) is 59.7 Å². The molecule has 344 valence electrons. The molecule has 3 aliphatic heterocycles. The third kappa shape index (κ3) is 9.19.